The van der Waals surface area contributed by atoms with Gasteiger partial charge in [-0.05, 0) is 18.8 Å². The second kappa shape index (κ2) is 6.00. The van der Waals surface area contributed by atoms with Gasteiger partial charge in [0.2, 0.25) is 0 Å². The molecule has 72 valence electrons. The first kappa shape index (κ1) is 11.4. The van der Waals surface area contributed by atoms with E-state index < -0.39 is 12.1 Å². The second-order valence-electron chi connectivity index (χ2n) is 3.34. The number of carboxylic acids is 1. The van der Waals surface area contributed by atoms with Gasteiger partial charge in [0.1, 0.15) is 0 Å². The third kappa shape index (κ3) is 6.16. The molecule has 0 radical (unpaired) electrons. The van der Waals surface area contributed by atoms with Gasteiger partial charge in [-0.3, -0.25) is 4.79 Å². The van der Waals surface area contributed by atoms with Gasteiger partial charge >= 0.3 is 5.97 Å². The molecule has 0 unspecified atom stereocenters. The molecule has 0 aliphatic carbocycles. The molecule has 0 amide bonds. The van der Waals surface area contributed by atoms with E-state index in [9.17, 15) is 9.90 Å². The van der Waals surface area contributed by atoms with Crippen molar-refractivity contribution < 1.29 is 15.0 Å². The average Bonchev–Trinajstić information content (AvgIpc) is 1.99. The van der Waals surface area contributed by atoms with Crippen LogP contribution in [0.3, 0.4) is 0 Å². The topological polar surface area (TPSA) is 57.5 Å². The van der Waals surface area contributed by atoms with Crippen molar-refractivity contribution in [1.29, 1.82) is 0 Å². The van der Waals surface area contributed by atoms with Crippen LogP contribution in [0.4, 0.5) is 0 Å². The Morgan fingerprint density at radius 1 is 1.42 bits per heavy atom. The van der Waals surface area contributed by atoms with E-state index in [4.69, 9.17) is 5.11 Å². The van der Waals surface area contributed by atoms with E-state index in [2.05, 4.69) is 13.8 Å². The van der Waals surface area contributed by atoms with Gasteiger partial charge in [-0.1, -0.05) is 20.3 Å². The minimum Gasteiger partial charge on any atom is -0.481 e. The van der Waals surface area contributed by atoms with Crippen LogP contribution in [-0.2, 0) is 4.79 Å². The Kier molecular flexibility index (Phi) is 5.72. The highest BCUT2D eigenvalue weighted by atomic mass is 16.4. The number of aliphatic carboxylic acids is 1. The standard InChI is InChI=1S/C9H18O3/c1-3-7(2)4-5-8(10)6-9(11)12/h7-8,10H,3-6H2,1-2H3,(H,11,12)/t7-,8-/m0/s1. The predicted octanol–water partition coefficient (Wildman–Crippen LogP) is 1.65. The van der Waals surface area contributed by atoms with Crippen molar-refractivity contribution in [1.82, 2.24) is 0 Å². The van der Waals surface area contributed by atoms with Gasteiger partial charge < -0.3 is 10.2 Å². The summed E-state index contributed by atoms with van der Waals surface area (Å²) < 4.78 is 0. The summed E-state index contributed by atoms with van der Waals surface area (Å²) in [6, 6.07) is 0. The van der Waals surface area contributed by atoms with Crippen LogP contribution in [0.5, 0.6) is 0 Å². The Labute approximate surface area is 73.4 Å². The van der Waals surface area contributed by atoms with E-state index in [-0.39, 0.29) is 6.42 Å². The zero-order valence-corrected chi connectivity index (χ0v) is 7.79. The Bertz CT molecular complexity index is 134. The van der Waals surface area contributed by atoms with Crippen LogP contribution in [0.2, 0.25) is 0 Å². The maximum absolute atomic E-state index is 10.2. The SMILES string of the molecule is CC[C@H](C)CC[C@H](O)CC(=O)O. The Morgan fingerprint density at radius 3 is 2.42 bits per heavy atom. The van der Waals surface area contributed by atoms with Crippen LogP contribution in [0, 0.1) is 5.92 Å². The molecule has 0 heterocycles. The molecule has 0 aromatic heterocycles. The first-order chi connectivity index (χ1) is 5.56. The van der Waals surface area contributed by atoms with Crippen LogP contribution >= 0.6 is 0 Å². The van der Waals surface area contributed by atoms with E-state index in [1.165, 1.54) is 0 Å². The largest absolute Gasteiger partial charge is 0.481 e. The average molecular weight is 174 g/mol. The molecule has 12 heavy (non-hydrogen) atoms. The van der Waals surface area contributed by atoms with Gasteiger partial charge in [-0.15, -0.1) is 0 Å². The van der Waals surface area contributed by atoms with E-state index in [1.54, 1.807) is 0 Å². The van der Waals surface area contributed by atoms with Gasteiger partial charge in [-0.2, -0.15) is 0 Å². The number of carbonyl (C=O) groups is 1. The summed E-state index contributed by atoms with van der Waals surface area (Å²) in [6.45, 7) is 4.20. The van der Waals surface area contributed by atoms with Crippen LogP contribution in [-0.4, -0.2) is 22.3 Å². The molecule has 0 aromatic rings. The third-order valence-corrected chi connectivity index (χ3v) is 2.10. The van der Waals surface area contributed by atoms with Crippen LogP contribution in [0.1, 0.15) is 39.5 Å². The molecule has 0 saturated carbocycles. The van der Waals surface area contributed by atoms with Crippen LogP contribution in [0.15, 0.2) is 0 Å². The minimum atomic E-state index is -0.924. The summed E-state index contributed by atoms with van der Waals surface area (Å²) in [5.41, 5.74) is 0. The molecule has 0 bridgehead atoms. The molecule has 2 atom stereocenters. The zero-order valence-electron chi connectivity index (χ0n) is 7.79. The van der Waals surface area contributed by atoms with Crippen LogP contribution < -0.4 is 0 Å². The molecular weight excluding hydrogens is 156 g/mol. The maximum Gasteiger partial charge on any atom is 0.305 e. The van der Waals surface area contributed by atoms with Crippen molar-refractivity contribution in [3.63, 3.8) is 0 Å². The summed E-state index contributed by atoms with van der Waals surface area (Å²) in [5.74, 6) is -0.347. The molecule has 0 saturated heterocycles. The van der Waals surface area contributed by atoms with Gasteiger partial charge in [0.25, 0.3) is 0 Å². The number of aliphatic hydroxyl groups is 1. The smallest absolute Gasteiger partial charge is 0.305 e. The zero-order chi connectivity index (χ0) is 9.56. The van der Waals surface area contributed by atoms with Crippen molar-refractivity contribution >= 4 is 5.97 Å². The molecule has 3 nitrogen and oxygen atoms in total. The maximum atomic E-state index is 10.2. The quantitative estimate of drug-likeness (QED) is 0.643. The number of carboxylic acid groups (broad SMARTS) is 1. The Balaban J connectivity index is 3.43. The van der Waals surface area contributed by atoms with Crippen molar-refractivity contribution in [2.24, 2.45) is 5.92 Å². The van der Waals surface area contributed by atoms with Crippen molar-refractivity contribution in [3.8, 4) is 0 Å². The fraction of sp³-hybridized carbons (Fsp3) is 0.889. The molecule has 0 aliphatic rings. The monoisotopic (exact) mass is 174 g/mol. The molecule has 2 N–H and O–H groups in total. The lowest BCUT2D eigenvalue weighted by Gasteiger charge is -2.11. The molecular formula is C9H18O3. The molecule has 0 spiro atoms. The first-order valence-electron chi connectivity index (χ1n) is 4.46. The minimum absolute atomic E-state index is 0.129. The normalized spacial score (nSPS) is 15.6. The second-order valence-corrected chi connectivity index (χ2v) is 3.34. The van der Waals surface area contributed by atoms with E-state index in [1.807, 2.05) is 0 Å². The molecule has 0 aliphatic heterocycles. The summed E-state index contributed by atoms with van der Waals surface area (Å²) in [7, 11) is 0. The number of hydrogen-bond donors (Lipinski definition) is 2. The van der Waals surface area contributed by atoms with E-state index >= 15 is 0 Å². The van der Waals surface area contributed by atoms with Gasteiger partial charge in [-0.25, -0.2) is 0 Å². The predicted molar refractivity (Wildman–Crippen MR) is 46.9 cm³/mol. The summed E-state index contributed by atoms with van der Waals surface area (Å²) in [6.07, 6.45) is 1.79. The Morgan fingerprint density at radius 2 is 2.00 bits per heavy atom. The number of hydrogen-bond acceptors (Lipinski definition) is 2. The van der Waals surface area contributed by atoms with Gasteiger partial charge in [0, 0.05) is 0 Å². The molecule has 0 aromatic carbocycles. The van der Waals surface area contributed by atoms with Crippen molar-refractivity contribution in [2.45, 2.75) is 45.6 Å². The fourth-order valence-corrected chi connectivity index (χ4v) is 0.985. The highest BCUT2D eigenvalue weighted by Gasteiger charge is 2.10. The summed E-state index contributed by atoms with van der Waals surface area (Å²) >= 11 is 0. The van der Waals surface area contributed by atoms with Gasteiger partial charge in [0.05, 0.1) is 12.5 Å². The molecule has 0 fully saturated rings. The highest BCUT2D eigenvalue weighted by molar-refractivity contribution is 5.67. The lowest BCUT2D eigenvalue weighted by Crippen LogP contribution is -2.13. The van der Waals surface area contributed by atoms with Crippen LogP contribution in [0.25, 0.3) is 0 Å². The fourth-order valence-electron chi connectivity index (χ4n) is 0.985. The summed E-state index contributed by atoms with van der Waals surface area (Å²) in [4.78, 5) is 10.2. The lowest BCUT2D eigenvalue weighted by molar-refractivity contribution is -0.139. The van der Waals surface area contributed by atoms with E-state index in [0.717, 1.165) is 12.8 Å². The number of aliphatic hydroxyl groups excluding tert-OH is 1. The summed E-state index contributed by atoms with van der Waals surface area (Å²) in [5, 5.41) is 17.5. The third-order valence-electron chi connectivity index (χ3n) is 2.10. The Hall–Kier alpha value is -0.570. The van der Waals surface area contributed by atoms with Crippen molar-refractivity contribution in [3.05, 3.63) is 0 Å². The van der Waals surface area contributed by atoms with Crippen molar-refractivity contribution in [2.75, 3.05) is 0 Å². The van der Waals surface area contributed by atoms with Gasteiger partial charge in [0.15, 0.2) is 0 Å². The molecule has 0 rings (SSSR count). The first-order valence-corrected chi connectivity index (χ1v) is 4.46. The number of rotatable bonds is 6. The van der Waals surface area contributed by atoms with E-state index in [0.29, 0.717) is 12.3 Å². The molecule has 3 heteroatoms. The lowest BCUT2D eigenvalue weighted by atomic mass is 9.99. The highest BCUT2D eigenvalue weighted by Crippen LogP contribution is 2.12.